The van der Waals surface area contributed by atoms with Crippen LogP contribution in [0.2, 0.25) is 0 Å². The fraction of sp³-hybridized carbons (Fsp3) is 0.333. The predicted molar refractivity (Wildman–Crippen MR) is 147 cm³/mol. The molecule has 194 valence electrons. The van der Waals surface area contributed by atoms with Crippen molar-refractivity contribution in [2.24, 2.45) is 0 Å². The SMILES string of the molecule is COCCOCCOc1ccc2c(ccc3c4ccc5cc(OCCOCCOC)ccc5c4[nH]c23)c1. The van der Waals surface area contributed by atoms with Gasteiger partial charge in [0.2, 0.25) is 0 Å². The molecular formula is C30H33NO6. The Morgan fingerprint density at radius 2 is 0.919 bits per heavy atom. The number of fused-ring (bicyclic) bond motifs is 7. The van der Waals surface area contributed by atoms with E-state index in [4.69, 9.17) is 28.4 Å². The highest BCUT2D eigenvalue weighted by atomic mass is 16.5. The molecule has 0 fully saturated rings. The lowest BCUT2D eigenvalue weighted by molar-refractivity contribution is 0.0544. The van der Waals surface area contributed by atoms with Crippen molar-refractivity contribution in [1.82, 2.24) is 4.98 Å². The first kappa shape index (κ1) is 25.3. The van der Waals surface area contributed by atoms with Crippen LogP contribution in [0.1, 0.15) is 0 Å². The summed E-state index contributed by atoms with van der Waals surface area (Å²) in [6, 6.07) is 21.1. The molecule has 1 aromatic heterocycles. The van der Waals surface area contributed by atoms with Crippen molar-refractivity contribution in [3.63, 3.8) is 0 Å². The Hall–Kier alpha value is -3.36. The quantitative estimate of drug-likeness (QED) is 0.196. The third kappa shape index (κ3) is 5.81. The molecule has 0 saturated carbocycles. The van der Waals surface area contributed by atoms with Crippen molar-refractivity contribution in [3.8, 4) is 11.5 Å². The number of nitrogens with one attached hydrogen (secondary N) is 1. The lowest BCUT2D eigenvalue weighted by Gasteiger charge is -2.08. The number of aromatic nitrogens is 1. The van der Waals surface area contributed by atoms with Crippen molar-refractivity contribution in [3.05, 3.63) is 60.7 Å². The van der Waals surface area contributed by atoms with Crippen LogP contribution in [0.25, 0.3) is 43.4 Å². The van der Waals surface area contributed by atoms with Gasteiger partial charge < -0.3 is 33.4 Å². The number of methoxy groups -OCH3 is 2. The summed E-state index contributed by atoms with van der Waals surface area (Å²) in [4.78, 5) is 3.70. The van der Waals surface area contributed by atoms with Gasteiger partial charge in [-0.1, -0.05) is 24.3 Å². The van der Waals surface area contributed by atoms with Crippen molar-refractivity contribution < 1.29 is 28.4 Å². The summed E-state index contributed by atoms with van der Waals surface area (Å²) in [5, 5.41) is 7.00. The largest absolute Gasteiger partial charge is 0.491 e. The number of aromatic amines is 1. The summed E-state index contributed by atoms with van der Waals surface area (Å²) in [7, 11) is 3.33. The second-order valence-corrected chi connectivity index (χ2v) is 8.77. The minimum Gasteiger partial charge on any atom is -0.491 e. The first-order valence-electron chi connectivity index (χ1n) is 12.6. The molecule has 0 saturated heterocycles. The standard InChI is InChI=1S/C30H33NO6/c1-32-11-13-34-15-17-36-23-5-9-25-21(19-23)3-7-27-28-8-4-22-20-24(37-18-16-35-14-12-33-2)6-10-26(22)30(28)31-29(25)27/h3-10,19-20,31H,11-18H2,1-2H3. The minimum absolute atomic E-state index is 0.502. The van der Waals surface area contributed by atoms with Gasteiger partial charge >= 0.3 is 0 Å². The predicted octanol–water partition coefficient (Wildman–Crippen LogP) is 5.71. The summed E-state index contributed by atoms with van der Waals surface area (Å²) in [6.45, 7) is 4.39. The van der Waals surface area contributed by atoms with E-state index in [-0.39, 0.29) is 0 Å². The Bertz CT molecular complexity index is 1370. The number of H-pyrrole nitrogens is 1. The molecule has 0 aliphatic rings. The van der Waals surface area contributed by atoms with Gasteiger partial charge in [-0.2, -0.15) is 0 Å². The molecule has 37 heavy (non-hydrogen) atoms. The first-order chi connectivity index (χ1) is 18.3. The highest BCUT2D eigenvalue weighted by Crippen LogP contribution is 2.36. The molecule has 5 aromatic rings. The van der Waals surface area contributed by atoms with E-state index in [0.29, 0.717) is 52.9 Å². The molecule has 5 rings (SSSR count). The second kappa shape index (κ2) is 12.3. The maximum absolute atomic E-state index is 5.89. The number of rotatable bonds is 14. The normalized spacial score (nSPS) is 11.7. The zero-order valence-electron chi connectivity index (χ0n) is 21.4. The van der Waals surface area contributed by atoms with E-state index in [1.54, 1.807) is 14.2 Å². The monoisotopic (exact) mass is 503 g/mol. The topological polar surface area (TPSA) is 71.2 Å². The van der Waals surface area contributed by atoms with E-state index >= 15 is 0 Å². The van der Waals surface area contributed by atoms with E-state index < -0.39 is 0 Å². The fourth-order valence-corrected chi connectivity index (χ4v) is 4.56. The maximum Gasteiger partial charge on any atom is 0.120 e. The highest BCUT2D eigenvalue weighted by Gasteiger charge is 2.11. The Morgan fingerprint density at radius 3 is 1.38 bits per heavy atom. The van der Waals surface area contributed by atoms with Crippen LogP contribution < -0.4 is 9.47 Å². The summed E-state index contributed by atoms with van der Waals surface area (Å²) < 4.78 is 32.7. The van der Waals surface area contributed by atoms with Gasteiger partial charge in [-0.3, -0.25) is 0 Å². The van der Waals surface area contributed by atoms with Gasteiger partial charge in [-0.25, -0.2) is 0 Å². The Morgan fingerprint density at radius 1 is 0.486 bits per heavy atom. The fourth-order valence-electron chi connectivity index (χ4n) is 4.56. The third-order valence-electron chi connectivity index (χ3n) is 6.38. The summed E-state index contributed by atoms with van der Waals surface area (Å²) in [6.07, 6.45) is 0. The molecule has 0 aliphatic carbocycles. The van der Waals surface area contributed by atoms with Gasteiger partial charge in [0.1, 0.15) is 24.7 Å². The lowest BCUT2D eigenvalue weighted by atomic mass is 10.0. The zero-order chi connectivity index (χ0) is 25.5. The Kier molecular flexibility index (Phi) is 8.38. The van der Waals surface area contributed by atoms with Crippen LogP contribution in [0.15, 0.2) is 60.7 Å². The van der Waals surface area contributed by atoms with Gasteiger partial charge in [0.15, 0.2) is 0 Å². The van der Waals surface area contributed by atoms with Crippen molar-refractivity contribution >= 4 is 43.4 Å². The molecule has 7 heteroatoms. The van der Waals surface area contributed by atoms with Gasteiger partial charge in [-0.05, 0) is 47.2 Å². The Labute approximate surface area is 216 Å². The van der Waals surface area contributed by atoms with Crippen LogP contribution in [-0.2, 0) is 18.9 Å². The molecule has 7 nitrogen and oxygen atoms in total. The lowest BCUT2D eigenvalue weighted by Crippen LogP contribution is -2.09. The van der Waals surface area contributed by atoms with E-state index in [2.05, 4.69) is 53.5 Å². The zero-order valence-corrected chi connectivity index (χ0v) is 21.4. The van der Waals surface area contributed by atoms with Gasteiger partial charge in [0.25, 0.3) is 0 Å². The Balaban J connectivity index is 1.34. The molecule has 0 unspecified atom stereocenters. The van der Waals surface area contributed by atoms with Crippen molar-refractivity contribution in [2.45, 2.75) is 0 Å². The molecule has 0 aliphatic heterocycles. The van der Waals surface area contributed by atoms with Gasteiger partial charge in [-0.15, -0.1) is 0 Å². The molecular weight excluding hydrogens is 470 g/mol. The van der Waals surface area contributed by atoms with Crippen LogP contribution >= 0.6 is 0 Å². The first-order valence-corrected chi connectivity index (χ1v) is 12.6. The minimum atomic E-state index is 0.502. The summed E-state index contributed by atoms with van der Waals surface area (Å²) in [5.74, 6) is 1.67. The van der Waals surface area contributed by atoms with Crippen LogP contribution in [0.3, 0.4) is 0 Å². The van der Waals surface area contributed by atoms with Gasteiger partial charge in [0.05, 0.1) is 50.7 Å². The van der Waals surface area contributed by atoms with E-state index in [1.165, 1.54) is 21.5 Å². The maximum atomic E-state index is 5.89. The molecule has 1 N–H and O–H groups in total. The second-order valence-electron chi connectivity index (χ2n) is 8.77. The molecule has 0 atom stereocenters. The molecule has 0 bridgehead atoms. The molecule has 0 spiro atoms. The number of hydrogen-bond acceptors (Lipinski definition) is 6. The van der Waals surface area contributed by atoms with E-state index in [9.17, 15) is 0 Å². The van der Waals surface area contributed by atoms with Crippen LogP contribution in [-0.4, -0.2) is 72.1 Å². The highest BCUT2D eigenvalue weighted by molar-refractivity contribution is 6.22. The summed E-state index contributed by atoms with van der Waals surface area (Å²) >= 11 is 0. The van der Waals surface area contributed by atoms with Gasteiger partial charge in [0, 0.05) is 35.8 Å². The van der Waals surface area contributed by atoms with Crippen molar-refractivity contribution in [1.29, 1.82) is 0 Å². The molecule has 1 heterocycles. The van der Waals surface area contributed by atoms with Crippen LogP contribution in [0.4, 0.5) is 0 Å². The number of benzene rings is 4. The van der Waals surface area contributed by atoms with E-state index in [1.807, 2.05) is 12.1 Å². The van der Waals surface area contributed by atoms with E-state index in [0.717, 1.165) is 33.3 Å². The number of ether oxygens (including phenoxy) is 6. The average Bonchev–Trinajstić information content (AvgIpc) is 3.32. The van der Waals surface area contributed by atoms with Crippen molar-refractivity contribution in [2.75, 3.05) is 67.1 Å². The molecule has 0 radical (unpaired) electrons. The average molecular weight is 504 g/mol. The molecule has 4 aromatic carbocycles. The number of hydrogen-bond donors (Lipinski definition) is 1. The summed E-state index contributed by atoms with van der Waals surface area (Å²) in [5.41, 5.74) is 2.26. The smallest absolute Gasteiger partial charge is 0.120 e. The molecule has 0 amide bonds. The van der Waals surface area contributed by atoms with Crippen LogP contribution in [0, 0.1) is 0 Å². The van der Waals surface area contributed by atoms with Crippen LogP contribution in [0.5, 0.6) is 11.5 Å². The third-order valence-corrected chi connectivity index (χ3v) is 6.38.